The topological polar surface area (TPSA) is 43.4 Å². The molecule has 3 heteroatoms. The predicted molar refractivity (Wildman–Crippen MR) is 73.5 cm³/mol. The van der Waals surface area contributed by atoms with Gasteiger partial charge in [0.2, 0.25) is 0 Å². The second-order valence-corrected chi connectivity index (χ2v) is 4.84. The second-order valence-electron chi connectivity index (χ2n) is 4.84. The van der Waals surface area contributed by atoms with Crippen molar-refractivity contribution in [1.82, 2.24) is 0 Å². The van der Waals surface area contributed by atoms with Crippen LogP contribution < -0.4 is 0 Å². The molecule has 3 nitrogen and oxygen atoms in total. The van der Waals surface area contributed by atoms with Gasteiger partial charge < -0.3 is 4.74 Å². The van der Waals surface area contributed by atoms with Crippen LogP contribution in [-0.2, 0) is 14.3 Å². The monoisotopic (exact) mass is 256 g/mol. The lowest BCUT2D eigenvalue weighted by Gasteiger charge is -2.02. The summed E-state index contributed by atoms with van der Waals surface area (Å²) in [6.45, 7) is 2.21. The molecule has 0 aliphatic carbocycles. The van der Waals surface area contributed by atoms with Crippen molar-refractivity contribution in [2.75, 3.05) is 7.11 Å². The third kappa shape index (κ3) is 11.6. The molecule has 106 valence electrons. The number of ketones is 1. The van der Waals surface area contributed by atoms with Gasteiger partial charge >= 0.3 is 5.97 Å². The first-order chi connectivity index (χ1) is 8.70. The molecule has 0 bridgehead atoms. The minimum Gasteiger partial charge on any atom is -0.469 e. The average Bonchev–Trinajstić information content (AvgIpc) is 2.38. The van der Waals surface area contributed by atoms with Crippen molar-refractivity contribution in [3.8, 4) is 0 Å². The Bertz CT molecular complexity index is 224. The van der Waals surface area contributed by atoms with Crippen molar-refractivity contribution in [3.05, 3.63) is 0 Å². The summed E-state index contributed by atoms with van der Waals surface area (Å²) >= 11 is 0. The number of hydrogen-bond donors (Lipinski definition) is 0. The molecular weight excluding hydrogens is 228 g/mol. The summed E-state index contributed by atoms with van der Waals surface area (Å²) in [5.41, 5.74) is 0. The number of esters is 1. The van der Waals surface area contributed by atoms with E-state index in [9.17, 15) is 9.59 Å². The largest absolute Gasteiger partial charge is 0.469 e. The van der Waals surface area contributed by atoms with Crippen LogP contribution in [0.15, 0.2) is 0 Å². The molecule has 0 aliphatic heterocycles. The Kier molecular flexibility index (Phi) is 12.0. The molecule has 0 spiro atoms. The van der Waals surface area contributed by atoms with Gasteiger partial charge in [-0.25, -0.2) is 0 Å². The first-order valence-corrected chi connectivity index (χ1v) is 7.29. The number of Topliss-reactive ketones (excluding diaryl/α,β-unsaturated/α-hetero) is 1. The summed E-state index contributed by atoms with van der Waals surface area (Å²) in [6.07, 6.45) is 10.6. The fraction of sp³-hybridized carbons (Fsp3) is 0.867. The summed E-state index contributed by atoms with van der Waals surface area (Å²) in [4.78, 5) is 22.4. The van der Waals surface area contributed by atoms with Crippen LogP contribution in [0.4, 0.5) is 0 Å². The minimum absolute atomic E-state index is 0.182. The first-order valence-electron chi connectivity index (χ1n) is 7.29. The number of ether oxygens (including phenoxy) is 1. The maximum absolute atomic E-state index is 11.5. The molecule has 0 unspecified atom stereocenters. The molecule has 0 atom stereocenters. The van der Waals surface area contributed by atoms with E-state index in [1.54, 1.807) is 0 Å². The Morgan fingerprint density at radius 1 is 0.778 bits per heavy atom. The number of unbranched alkanes of at least 4 members (excludes halogenated alkanes) is 6. The van der Waals surface area contributed by atoms with Gasteiger partial charge in [-0.05, 0) is 19.3 Å². The average molecular weight is 256 g/mol. The molecule has 0 aromatic rings. The molecule has 0 amide bonds. The van der Waals surface area contributed by atoms with Crippen LogP contribution in [0.25, 0.3) is 0 Å². The van der Waals surface area contributed by atoms with E-state index in [4.69, 9.17) is 0 Å². The molecule has 0 aliphatic rings. The van der Waals surface area contributed by atoms with Gasteiger partial charge in [0.15, 0.2) is 0 Å². The van der Waals surface area contributed by atoms with Gasteiger partial charge in [-0.1, -0.05) is 39.0 Å². The Balaban J connectivity index is 3.25. The maximum atomic E-state index is 11.5. The van der Waals surface area contributed by atoms with E-state index < -0.39 is 0 Å². The standard InChI is InChI=1S/C15H28O3/c1-3-4-5-6-7-8-11-14(16)12-9-10-13-15(17)18-2/h3-13H2,1-2H3. The summed E-state index contributed by atoms with van der Waals surface area (Å²) in [7, 11) is 1.39. The van der Waals surface area contributed by atoms with Crippen LogP contribution in [0.2, 0.25) is 0 Å². The molecule has 0 heterocycles. The smallest absolute Gasteiger partial charge is 0.305 e. The summed E-state index contributed by atoms with van der Waals surface area (Å²) in [5, 5.41) is 0. The van der Waals surface area contributed by atoms with Gasteiger partial charge in [-0.2, -0.15) is 0 Å². The summed E-state index contributed by atoms with van der Waals surface area (Å²) < 4.78 is 4.55. The van der Waals surface area contributed by atoms with Gasteiger partial charge in [-0.3, -0.25) is 9.59 Å². The minimum atomic E-state index is -0.182. The lowest BCUT2D eigenvalue weighted by molar-refractivity contribution is -0.140. The third-order valence-corrected chi connectivity index (χ3v) is 3.12. The van der Waals surface area contributed by atoms with E-state index in [-0.39, 0.29) is 5.97 Å². The van der Waals surface area contributed by atoms with Crippen LogP contribution in [0, 0.1) is 0 Å². The highest BCUT2D eigenvalue weighted by Gasteiger charge is 2.04. The quantitative estimate of drug-likeness (QED) is 0.391. The molecule has 18 heavy (non-hydrogen) atoms. The third-order valence-electron chi connectivity index (χ3n) is 3.12. The fourth-order valence-electron chi connectivity index (χ4n) is 1.92. The summed E-state index contributed by atoms with van der Waals surface area (Å²) in [6, 6.07) is 0. The van der Waals surface area contributed by atoms with E-state index in [0.29, 0.717) is 25.0 Å². The molecule has 0 N–H and O–H groups in total. The van der Waals surface area contributed by atoms with E-state index in [0.717, 1.165) is 19.3 Å². The highest BCUT2D eigenvalue weighted by atomic mass is 16.5. The number of carbonyl (C=O) groups excluding carboxylic acids is 2. The molecule has 0 radical (unpaired) electrons. The van der Waals surface area contributed by atoms with E-state index in [1.807, 2.05) is 0 Å². The first kappa shape index (κ1) is 17.1. The summed E-state index contributed by atoms with van der Waals surface area (Å²) in [5.74, 6) is 0.161. The van der Waals surface area contributed by atoms with Crippen LogP contribution in [0.5, 0.6) is 0 Å². The number of hydrogen-bond acceptors (Lipinski definition) is 3. The zero-order valence-corrected chi connectivity index (χ0v) is 12.0. The number of rotatable bonds is 12. The van der Waals surface area contributed by atoms with Gasteiger partial charge in [0.05, 0.1) is 7.11 Å². The predicted octanol–water partition coefficient (Wildman–Crippen LogP) is 4.04. The van der Waals surface area contributed by atoms with E-state index in [1.165, 1.54) is 39.2 Å². The molecule has 0 aromatic carbocycles. The highest BCUT2D eigenvalue weighted by molar-refractivity contribution is 5.78. The molecule has 0 fully saturated rings. The molecule has 0 rings (SSSR count). The van der Waals surface area contributed by atoms with Gasteiger partial charge in [0, 0.05) is 19.3 Å². The van der Waals surface area contributed by atoms with Crippen LogP contribution in [0.3, 0.4) is 0 Å². The Hall–Kier alpha value is -0.860. The van der Waals surface area contributed by atoms with Crippen LogP contribution in [-0.4, -0.2) is 18.9 Å². The molecule has 0 saturated carbocycles. The second kappa shape index (κ2) is 12.6. The van der Waals surface area contributed by atoms with Gasteiger partial charge in [0.25, 0.3) is 0 Å². The van der Waals surface area contributed by atoms with Gasteiger partial charge in [-0.15, -0.1) is 0 Å². The number of carbonyl (C=O) groups is 2. The lowest BCUT2D eigenvalue weighted by Crippen LogP contribution is -2.01. The zero-order chi connectivity index (χ0) is 13.6. The zero-order valence-electron chi connectivity index (χ0n) is 12.0. The van der Waals surface area contributed by atoms with Crippen molar-refractivity contribution in [2.45, 2.75) is 77.6 Å². The fourth-order valence-corrected chi connectivity index (χ4v) is 1.92. The highest BCUT2D eigenvalue weighted by Crippen LogP contribution is 2.09. The molecular formula is C15H28O3. The maximum Gasteiger partial charge on any atom is 0.305 e. The Morgan fingerprint density at radius 3 is 1.89 bits per heavy atom. The SMILES string of the molecule is CCCCCCCCC(=O)CCCCC(=O)OC. The molecule has 0 aromatic heterocycles. The van der Waals surface area contributed by atoms with E-state index >= 15 is 0 Å². The molecule has 0 saturated heterocycles. The van der Waals surface area contributed by atoms with Crippen molar-refractivity contribution < 1.29 is 14.3 Å². The van der Waals surface area contributed by atoms with Crippen LogP contribution >= 0.6 is 0 Å². The van der Waals surface area contributed by atoms with Crippen molar-refractivity contribution >= 4 is 11.8 Å². The van der Waals surface area contributed by atoms with Gasteiger partial charge in [0.1, 0.15) is 5.78 Å². The van der Waals surface area contributed by atoms with Crippen molar-refractivity contribution in [1.29, 1.82) is 0 Å². The van der Waals surface area contributed by atoms with Crippen LogP contribution in [0.1, 0.15) is 77.6 Å². The van der Waals surface area contributed by atoms with Crippen molar-refractivity contribution in [3.63, 3.8) is 0 Å². The number of methoxy groups -OCH3 is 1. The Labute approximate surface area is 111 Å². The Morgan fingerprint density at radius 2 is 1.28 bits per heavy atom. The normalized spacial score (nSPS) is 10.3. The van der Waals surface area contributed by atoms with Crippen molar-refractivity contribution in [2.24, 2.45) is 0 Å². The van der Waals surface area contributed by atoms with E-state index in [2.05, 4.69) is 11.7 Å². The lowest BCUT2D eigenvalue weighted by atomic mass is 10.0.